The molecule has 0 bridgehead atoms. The molecule has 0 aromatic carbocycles. The average molecular weight is 2250 g/mol. The van der Waals surface area contributed by atoms with Crippen molar-refractivity contribution in [3.8, 4) is 0 Å². The number of aryl methyl sites for hydroxylation is 4. The molecule has 0 aliphatic carbocycles. The van der Waals surface area contributed by atoms with Gasteiger partial charge in [-0.3, -0.25) is 149 Å². The number of nitrogen functional groups attached to an aromatic ring is 1. The van der Waals surface area contributed by atoms with Crippen molar-refractivity contribution in [2.45, 2.75) is 256 Å². The van der Waals surface area contributed by atoms with Crippen LogP contribution >= 0.6 is 97.9 Å². The number of aromatic nitrogens is 10. The van der Waals surface area contributed by atoms with Crippen molar-refractivity contribution >= 4 is 129 Å². The van der Waals surface area contributed by atoms with E-state index in [4.69, 9.17) is 92.8 Å². The Kier molecular flexibility index (Phi) is 42.1. The van der Waals surface area contributed by atoms with Crippen molar-refractivity contribution < 1.29 is 144 Å². The molecule has 5 aromatic rings. The van der Waals surface area contributed by atoms with Crippen molar-refractivity contribution in [1.82, 2.24) is 47.8 Å². The number of phosphoric ester groups is 5. The number of ether oxygens (including phenoxy) is 5. The molecule has 20 atom stereocenters. The maximum absolute atomic E-state index is 16.4. The first kappa shape index (κ1) is 121. The first-order valence-corrected chi connectivity index (χ1v) is 58.0. The standard InChI is InChI=1S/C84H126N11O40P5S5/c1-46-37-92(76(107)87-66(46)97)62-32-50(55(41-96)126-62)132-137(113,118-23-28-142-71(102)81(8,9)10)123-43-57-52(34-61(127-57)91-21-20-60(85)86-75(91)106)133-139(115,120-25-30-144-73(104)83(14,15)16)124-44-58-54(36-65(129-58)95-40-49(4)69(100)90-79(95)110)135-140(116,121-26-31-145-74(105)84(17,18)19)125-45-59-53(35-64(130-59)94-39-48(3)68(99)89-78(94)109)134-138(114,119-24-29-143-72(103)82(11,12)13)122-42-56-51(33-63(128-56)93-38-47(2)67(98)88-77(93)108)131-136(111,112)117-22-27-141-70(101)80(5,6)7/h20-21,37-40,50-59,61-65,96H,22-36,41-45H2,1-19H3,(H,111,112)(H2,85,86,106)(H,87,97,107)(H,88,98,108)(H,89,99,109)(H,90,100,110)/t50-,51-,52-,53-,54-,55+,56+,57+,58+,59+,61+,62+,63+,64+,65+,137?,138?,139?,140?/m0/s1. The van der Waals surface area contributed by atoms with Crippen LogP contribution in [0.5, 0.6) is 0 Å². The summed E-state index contributed by atoms with van der Waals surface area (Å²) >= 11 is 3.88. The highest BCUT2D eigenvalue weighted by Crippen LogP contribution is 2.61. The lowest BCUT2D eigenvalue weighted by Gasteiger charge is -2.29. The second-order valence-corrected chi connectivity index (χ2v) is 52.5. The summed E-state index contributed by atoms with van der Waals surface area (Å²) in [6.45, 7) is 22.1. The Morgan fingerprint density at radius 1 is 0.366 bits per heavy atom. The fraction of sp³-hybridized carbons (Fsp3) is 0.702. The summed E-state index contributed by atoms with van der Waals surface area (Å²) in [5.41, 5.74) is -6.77. The molecule has 5 aliphatic rings. The van der Waals surface area contributed by atoms with E-state index in [1.807, 2.05) is 0 Å². The summed E-state index contributed by atoms with van der Waals surface area (Å²) in [5.74, 6) is -1.28. The highest BCUT2D eigenvalue weighted by Gasteiger charge is 2.53. The lowest BCUT2D eigenvalue weighted by molar-refractivity contribution is -0.118. The van der Waals surface area contributed by atoms with Gasteiger partial charge in [-0.25, -0.2) is 46.8 Å². The Balaban J connectivity index is 1.01. The number of nitrogens with zero attached hydrogens (tertiary/aromatic N) is 6. The first-order valence-electron chi connectivity index (χ1n) is 45.7. The van der Waals surface area contributed by atoms with Crippen LogP contribution < -0.4 is 56.4 Å². The molecule has 5 aliphatic heterocycles. The normalized spacial score (nSPS) is 24.9. The van der Waals surface area contributed by atoms with E-state index in [1.54, 1.807) is 104 Å². The van der Waals surface area contributed by atoms with E-state index in [2.05, 4.69) is 24.9 Å². The van der Waals surface area contributed by atoms with Gasteiger partial charge in [0.05, 0.1) is 66.1 Å². The molecule has 0 spiro atoms. The number of thioether (sulfide) groups is 5. The predicted octanol–water partition coefficient (Wildman–Crippen LogP) is 8.83. The SMILES string of the molecule is Cc1cn([C@H]2C[C@H](OP(=O)(O)OCCSC(=O)C(C)(C)C)[C@@H](COP(=O)(OCCSC(=O)C(C)(C)C)O[C@H]3C[C@H](n4cc(C)c(=O)[nH]c4=O)O[C@@H]3COP(=O)(OCCSC(=O)C(C)(C)C)O[C@H]3C[C@H](n4cc(C)c(=O)[nH]c4=O)O[C@@H]3COP(=O)(OCCSC(=O)C(C)(C)C)O[C@H]3C[C@H](n4ccc(N)nc4=O)O[C@@H]3COP(=O)(OCCSC(=O)C(C)(C)C)O[C@H]3C[C@H](n4cc(C)c(=O)[nH]c4=O)O[C@@H]3CO)O2)c(=O)[nH]c1=O. The number of rotatable bonds is 48. The molecule has 145 heavy (non-hydrogen) atoms. The van der Waals surface area contributed by atoms with Crippen LogP contribution in [0.1, 0.15) is 189 Å². The second kappa shape index (κ2) is 50.6. The van der Waals surface area contributed by atoms with Gasteiger partial charge in [0.25, 0.3) is 22.2 Å². The van der Waals surface area contributed by atoms with Gasteiger partial charge >= 0.3 is 67.6 Å². The quantitative estimate of drug-likeness (QED) is 0.0141. The number of carbonyl (C=O) groups is 5. The molecule has 8 N–H and O–H groups in total. The predicted molar refractivity (Wildman–Crippen MR) is 530 cm³/mol. The maximum Gasteiger partial charge on any atom is 0.475 e. The number of hydrogen-bond donors (Lipinski definition) is 7. The Morgan fingerprint density at radius 2 is 0.586 bits per heavy atom. The van der Waals surface area contributed by atoms with E-state index in [9.17, 15) is 81.7 Å². The Morgan fingerprint density at radius 3 is 0.821 bits per heavy atom. The zero-order valence-corrected chi connectivity index (χ0v) is 91.8. The Labute approximate surface area is 852 Å². The average Bonchev–Trinajstić information content (AvgIpc) is 1.58. The lowest BCUT2D eigenvalue weighted by atomic mass is 9.99. The fourth-order valence-corrected chi connectivity index (χ4v) is 25.0. The summed E-state index contributed by atoms with van der Waals surface area (Å²) in [7, 11) is -26.8. The molecule has 5 saturated heterocycles. The van der Waals surface area contributed by atoms with Crippen LogP contribution in [-0.2, 0) is 134 Å². The smallest absolute Gasteiger partial charge is 0.394 e. The molecule has 0 saturated carbocycles. The second-order valence-electron chi connectivity index (χ2n) is 39.2. The number of phosphoric acid groups is 5. The van der Waals surface area contributed by atoms with Gasteiger partial charge in [0.2, 0.25) is 0 Å². The van der Waals surface area contributed by atoms with Crippen LogP contribution in [0, 0.1) is 54.8 Å². The van der Waals surface area contributed by atoms with Gasteiger partial charge in [-0.1, -0.05) is 163 Å². The molecule has 0 radical (unpaired) electrons. The summed E-state index contributed by atoms with van der Waals surface area (Å²) in [5, 5.41) is 9.04. The fourth-order valence-electron chi connectivity index (χ4n) is 13.9. The third-order valence-corrected chi connectivity index (χ3v) is 35.1. The number of H-pyrrole nitrogens is 4. The number of nitrogens with one attached hydrogen (secondary N) is 4. The topological polar surface area (TPSA) is 667 Å². The molecule has 51 nitrogen and oxygen atoms in total. The summed E-state index contributed by atoms with van der Waals surface area (Å²) in [4.78, 5) is 210. The molecule has 812 valence electrons. The molecule has 10 heterocycles. The minimum Gasteiger partial charge on any atom is -0.394 e. The van der Waals surface area contributed by atoms with E-state index in [0.717, 1.165) is 100 Å². The summed E-state index contributed by atoms with van der Waals surface area (Å²) < 4.78 is 200. The van der Waals surface area contributed by atoms with Crippen molar-refractivity contribution in [1.29, 1.82) is 0 Å². The van der Waals surface area contributed by atoms with Crippen molar-refractivity contribution in [3.63, 3.8) is 0 Å². The Bertz CT molecular complexity index is 6290. The van der Waals surface area contributed by atoms with Crippen LogP contribution in [0.15, 0.2) is 80.2 Å². The van der Waals surface area contributed by atoms with Crippen molar-refractivity contribution in [2.24, 2.45) is 27.1 Å². The summed E-state index contributed by atoms with van der Waals surface area (Å²) in [6, 6.07) is 1.23. The Hall–Kier alpha value is -6.19. The zero-order chi connectivity index (χ0) is 107. The van der Waals surface area contributed by atoms with Gasteiger partial charge in [0, 0.05) is 141 Å². The highest BCUT2D eigenvalue weighted by atomic mass is 32.2. The van der Waals surface area contributed by atoms with E-state index in [-0.39, 0.29) is 88.8 Å². The van der Waals surface area contributed by atoms with Gasteiger partial charge in [-0.2, -0.15) is 4.98 Å². The third kappa shape index (κ3) is 34.4. The molecule has 5 fully saturated rings. The number of aromatic amines is 4. The molecule has 5 aromatic heterocycles. The van der Waals surface area contributed by atoms with Gasteiger partial charge in [-0.15, -0.1) is 0 Å². The van der Waals surface area contributed by atoms with Crippen LogP contribution in [-0.4, -0.2) is 239 Å². The number of anilines is 1. The number of hydrogen-bond acceptors (Lipinski definition) is 46. The molecule has 10 rings (SSSR count). The van der Waals surface area contributed by atoms with Gasteiger partial charge in [-0.05, 0) is 33.8 Å². The third-order valence-electron chi connectivity index (χ3n) is 21.9. The highest BCUT2D eigenvalue weighted by molar-refractivity contribution is 8.14. The van der Waals surface area contributed by atoms with Crippen LogP contribution in [0.3, 0.4) is 0 Å². The van der Waals surface area contributed by atoms with E-state index >= 15 is 18.3 Å². The van der Waals surface area contributed by atoms with Crippen molar-refractivity contribution in [2.75, 3.05) is 101 Å². The minimum absolute atomic E-state index is 0.0145. The maximum atomic E-state index is 16.4. The van der Waals surface area contributed by atoms with E-state index < -0.39 is 301 Å². The number of carbonyl (C=O) groups excluding carboxylic acids is 5. The molecule has 5 unspecified atom stereocenters. The zero-order valence-electron chi connectivity index (χ0n) is 83.2. The molecule has 0 amide bonds. The number of aliphatic hydroxyl groups excluding tert-OH is 1. The number of nitrogens with two attached hydrogens (primary N) is 1. The van der Waals surface area contributed by atoms with Gasteiger partial charge in [0.1, 0.15) is 98.0 Å². The van der Waals surface area contributed by atoms with E-state index in [0.29, 0.717) is 0 Å². The van der Waals surface area contributed by atoms with Gasteiger partial charge < -0.3 is 39.4 Å². The lowest BCUT2D eigenvalue weighted by Crippen LogP contribution is -2.34. The minimum atomic E-state index is -5.53. The van der Waals surface area contributed by atoms with E-state index in [1.165, 1.54) is 46.2 Å². The first-order chi connectivity index (χ1) is 67.4. The monoisotopic (exact) mass is 2240 g/mol. The van der Waals surface area contributed by atoms with Crippen LogP contribution in [0.2, 0.25) is 0 Å². The van der Waals surface area contributed by atoms with Crippen LogP contribution in [0.25, 0.3) is 0 Å². The number of aliphatic hydroxyl groups is 1. The summed E-state index contributed by atoms with van der Waals surface area (Å²) in [6.07, 6.45) is -21.1. The van der Waals surface area contributed by atoms with Gasteiger partial charge in [0.15, 0.2) is 25.6 Å². The molecule has 61 heteroatoms. The van der Waals surface area contributed by atoms with Crippen molar-refractivity contribution in [3.05, 3.63) is 153 Å². The van der Waals surface area contributed by atoms with Crippen LogP contribution in [0.4, 0.5) is 5.82 Å². The largest absolute Gasteiger partial charge is 0.475 e. The molecular formula is C84H126N11O40P5S5. The molecular weight excluding hydrogens is 2120 g/mol.